The van der Waals surface area contributed by atoms with Gasteiger partial charge in [0.15, 0.2) is 11.5 Å². The number of carbonyl (C=O) groups is 1. The van der Waals surface area contributed by atoms with E-state index in [0.29, 0.717) is 49.5 Å². The van der Waals surface area contributed by atoms with Crippen molar-refractivity contribution < 1.29 is 22.7 Å². The zero-order valence-corrected chi connectivity index (χ0v) is 20.8. The molecule has 34 heavy (non-hydrogen) atoms. The number of amides is 1. The van der Waals surface area contributed by atoms with E-state index >= 15 is 0 Å². The molecule has 0 aromatic heterocycles. The minimum atomic E-state index is -3.59. The molecule has 6 rings (SSSR count). The Hall–Kier alpha value is -1.80. The largest absolute Gasteiger partial charge is 0.486 e. The van der Waals surface area contributed by atoms with Gasteiger partial charge in [-0.25, -0.2) is 13.1 Å². The van der Waals surface area contributed by atoms with Gasteiger partial charge < -0.3 is 14.8 Å². The van der Waals surface area contributed by atoms with Crippen molar-refractivity contribution in [1.29, 1.82) is 0 Å². The first-order chi connectivity index (χ1) is 16.4. The first kappa shape index (κ1) is 23.9. The van der Waals surface area contributed by atoms with E-state index in [1.54, 1.807) is 6.07 Å². The summed E-state index contributed by atoms with van der Waals surface area (Å²) in [5.74, 6) is 4.02. The Morgan fingerprint density at radius 2 is 1.59 bits per heavy atom. The summed E-state index contributed by atoms with van der Waals surface area (Å²) >= 11 is 0. The number of sulfonamides is 1. The highest BCUT2D eigenvalue weighted by Gasteiger charge is 2.50. The van der Waals surface area contributed by atoms with Gasteiger partial charge in [0, 0.05) is 25.6 Å². The predicted octanol–water partition coefficient (Wildman–Crippen LogP) is 4.02. The molecule has 0 spiro atoms. The Balaban J connectivity index is 0.957. The first-order valence-corrected chi connectivity index (χ1v) is 14.6. The van der Waals surface area contributed by atoms with Crippen LogP contribution in [0.1, 0.15) is 70.6 Å². The Kier molecular flexibility index (Phi) is 7.07. The van der Waals surface area contributed by atoms with Crippen LogP contribution >= 0.6 is 0 Å². The zero-order valence-electron chi connectivity index (χ0n) is 20.0. The number of unbranched alkanes of at least 4 members (excludes halogenated alkanes) is 2. The molecule has 1 aromatic rings. The summed E-state index contributed by atoms with van der Waals surface area (Å²) in [4.78, 5) is 12.5. The molecule has 8 heteroatoms. The van der Waals surface area contributed by atoms with Crippen LogP contribution in [0.5, 0.6) is 11.5 Å². The maximum absolute atomic E-state index is 12.5. The van der Waals surface area contributed by atoms with E-state index in [0.717, 1.165) is 43.6 Å². The second-order valence-electron chi connectivity index (χ2n) is 11.0. The van der Waals surface area contributed by atoms with Crippen molar-refractivity contribution in [3.63, 3.8) is 0 Å². The van der Waals surface area contributed by atoms with Gasteiger partial charge in [-0.1, -0.05) is 6.42 Å². The lowest BCUT2D eigenvalue weighted by molar-refractivity contribution is -0.121. The molecule has 4 aliphatic carbocycles. The number of ether oxygens (including phenoxy) is 2. The SMILES string of the molecule is O=C(CCCCCNS(=O)(=O)c1ccc2c(c1)OCCO2)NCCC12CC3CC(CC(C3)C1)C2. The molecule has 0 unspecified atom stereocenters. The van der Waals surface area contributed by atoms with E-state index in [-0.39, 0.29) is 10.8 Å². The van der Waals surface area contributed by atoms with Crippen LogP contribution in [-0.2, 0) is 14.8 Å². The van der Waals surface area contributed by atoms with Gasteiger partial charge in [0.2, 0.25) is 15.9 Å². The number of benzene rings is 1. The molecule has 1 amide bonds. The van der Waals surface area contributed by atoms with Gasteiger partial charge in [0.05, 0.1) is 4.90 Å². The van der Waals surface area contributed by atoms with Gasteiger partial charge in [-0.2, -0.15) is 0 Å². The van der Waals surface area contributed by atoms with E-state index < -0.39 is 10.0 Å². The van der Waals surface area contributed by atoms with Crippen LogP contribution in [0.25, 0.3) is 0 Å². The van der Waals surface area contributed by atoms with Gasteiger partial charge in [0.1, 0.15) is 13.2 Å². The highest BCUT2D eigenvalue weighted by molar-refractivity contribution is 7.89. The quantitative estimate of drug-likeness (QED) is 0.457. The Labute approximate surface area is 203 Å². The number of hydrogen-bond donors (Lipinski definition) is 2. The topological polar surface area (TPSA) is 93.7 Å². The fraction of sp³-hybridized carbons (Fsp3) is 0.731. The standard InChI is InChI=1S/C26H38N2O5S/c29-25(27-9-7-26-16-19-12-20(17-26)14-21(13-19)18-26)4-2-1-3-8-28-34(30,31)22-5-6-23-24(15-22)33-11-10-32-23/h5-6,15,19-21,28H,1-4,7-14,16-18H2,(H,27,29). The Bertz CT molecular complexity index is 958. The molecule has 0 atom stereocenters. The summed E-state index contributed by atoms with van der Waals surface area (Å²) in [6, 6.07) is 4.67. The van der Waals surface area contributed by atoms with Gasteiger partial charge in [-0.15, -0.1) is 0 Å². The van der Waals surface area contributed by atoms with E-state index in [1.807, 2.05) is 0 Å². The van der Waals surface area contributed by atoms with Crippen LogP contribution in [0.2, 0.25) is 0 Å². The molecule has 188 valence electrons. The third-order valence-electron chi connectivity index (χ3n) is 8.34. The van der Waals surface area contributed by atoms with Crippen molar-refractivity contribution in [3.05, 3.63) is 18.2 Å². The van der Waals surface area contributed by atoms with Crippen LogP contribution in [0.15, 0.2) is 23.1 Å². The third-order valence-corrected chi connectivity index (χ3v) is 9.80. The average Bonchev–Trinajstić information content (AvgIpc) is 2.80. The molecule has 0 radical (unpaired) electrons. The van der Waals surface area contributed by atoms with Crippen molar-refractivity contribution in [2.45, 2.75) is 75.5 Å². The highest BCUT2D eigenvalue weighted by Crippen LogP contribution is 2.61. The minimum Gasteiger partial charge on any atom is -0.486 e. The van der Waals surface area contributed by atoms with Gasteiger partial charge in [-0.05, 0) is 93.1 Å². The summed E-state index contributed by atoms with van der Waals surface area (Å²) in [5, 5.41) is 3.15. The van der Waals surface area contributed by atoms with Crippen LogP contribution < -0.4 is 19.5 Å². The molecule has 4 fully saturated rings. The summed E-state index contributed by atoms with van der Waals surface area (Å²) in [6.07, 6.45) is 12.5. The van der Waals surface area contributed by atoms with Crippen molar-refractivity contribution >= 4 is 15.9 Å². The van der Waals surface area contributed by atoms with Crippen molar-refractivity contribution in [2.75, 3.05) is 26.3 Å². The number of hydrogen-bond acceptors (Lipinski definition) is 5. The predicted molar refractivity (Wildman–Crippen MR) is 129 cm³/mol. The molecule has 2 N–H and O–H groups in total. The summed E-state index contributed by atoms with van der Waals surface area (Å²) in [7, 11) is -3.59. The van der Waals surface area contributed by atoms with E-state index in [9.17, 15) is 13.2 Å². The van der Waals surface area contributed by atoms with Crippen LogP contribution in [0, 0.1) is 23.2 Å². The number of fused-ring (bicyclic) bond motifs is 1. The maximum Gasteiger partial charge on any atom is 0.240 e. The maximum atomic E-state index is 12.5. The molecular formula is C26H38N2O5S. The Morgan fingerprint density at radius 3 is 2.29 bits per heavy atom. The lowest BCUT2D eigenvalue weighted by Gasteiger charge is -2.57. The minimum absolute atomic E-state index is 0.126. The van der Waals surface area contributed by atoms with Crippen molar-refractivity contribution in [1.82, 2.24) is 10.0 Å². The highest BCUT2D eigenvalue weighted by atomic mass is 32.2. The van der Waals surface area contributed by atoms with E-state index in [4.69, 9.17) is 9.47 Å². The molecule has 4 saturated carbocycles. The fourth-order valence-electron chi connectivity index (χ4n) is 7.22. The summed E-state index contributed by atoms with van der Waals surface area (Å²) in [5.41, 5.74) is 0.510. The van der Waals surface area contributed by atoms with Crippen LogP contribution in [-0.4, -0.2) is 40.6 Å². The number of nitrogens with one attached hydrogen (secondary N) is 2. The molecule has 5 aliphatic rings. The van der Waals surface area contributed by atoms with Crippen LogP contribution in [0.4, 0.5) is 0 Å². The lowest BCUT2D eigenvalue weighted by Crippen LogP contribution is -2.47. The van der Waals surface area contributed by atoms with Gasteiger partial charge >= 0.3 is 0 Å². The monoisotopic (exact) mass is 490 g/mol. The number of carbonyl (C=O) groups excluding carboxylic acids is 1. The zero-order chi connectivity index (χ0) is 23.6. The van der Waals surface area contributed by atoms with Gasteiger partial charge in [0.25, 0.3) is 0 Å². The average molecular weight is 491 g/mol. The second-order valence-corrected chi connectivity index (χ2v) is 12.8. The normalized spacial score (nSPS) is 29.2. The fourth-order valence-corrected chi connectivity index (χ4v) is 8.31. The lowest BCUT2D eigenvalue weighted by atomic mass is 9.49. The van der Waals surface area contributed by atoms with E-state index in [2.05, 4.69) is 10.0 Å². The first-order valence-electron chi connectivity index (χ1n) is 13.1. The third kappa shape index (κ3) is 5.54. The smallest absolute Gasteiger partial charge is 0.240 e. The molecule has 1 aromatic carbocycles. The molecule has 4 bridgehead atoms. The molecule has 1 heterocycles. The molecule has 7 nitrogen and oxygen atoms in total. The molecule has 0 saturated heterocycles. The summed E-state index contributed by atoms with van der Waals surface area (Å²) < 4.78 is 38.6. The number of rotatable bonds is 11. The van der Waals surface area contributed by atoms with Crippen molar-refractivity contribution in [3.8, 4) is 11.5 Å². The second kappa shape index (κ2) is 10.1. The van der Waals surface area contributed by atoms with Crippen LogP contribution in [0.3, 0.4) is 0 Å². The summed E-state index contributed by atoms with van der Waals surface area (Å²) in [6.45, 7) is 2.04. The van der Waals surface area contributed by atoms with Gasteiger partial charge in [-0.3, -0.25) is 4.79 Å². The van der Waals surface area contributed by atoms with E-state index in [1.165, 1.54) is 50.7 Å². The Morgan fingerprint density at radius 1 is 0.912 bits per heavy atom. The molecule has 1 aliphatic heterocycles. The van der Waals surface area contributed by atoms with Crippen molar-refractivity contribution in [2.24, 2.45) is 23.2 Å². The molecular weight excluding hydrogens is 452 g/mol.